The molecule has 1 N–H and O–H groups in total. The molecule has 0 radical (unpaired) electrons. The summed E-state index contributed by atoms with van der Waals surface area (Å²) in [7, 11) is -2.80. The molecule has 0 bridgehead atoms. The zero-order chi connectivity index (χ0) is 16.3. The molecule has 0 spiro atoms. The summed E-state index contributed by atoms with van der Waals surface area (Å²) in [5.74, 6) is 2.72. The highest BCUT2D eigenvalue weighted by atomic mass is 32.2. The van der Waals surface area contributed by atoms with E-state index in [-0.39, 0.29) is 5.92 Å². The Bertz CT molecular complexity index is 518. The molecule has 1 aliphatic carbocycles. The summed E-state index contributed by atoms with van der Waals surface area (Å²) in [6, 6.07) is 0.556. The third-order valence-corrected chi connectivity index (χ3v) is 7.43. The number of nitrogens with zero attached hydrogens (tertiary/aromatic N) is 2. The second-order valence-corrected chi connectivity index (χ2v) is 9.96. The molecule has 3 fully saturated rings. The molecule has 1 saturated carbocycles. The minimum atomic E-state index is -2.80. The minimum Gasteiger partial charge on any atom is -0.354 e. The second kappa shape index (κ2) is 7.41. The number of sulfone groups is 1. The lowest BCUT2D eigenvalue weighted by Gasteiger charge is -2.34. The largest absolute Gasteiger partial charge is 0.354 e. The Morgan fingerprint density at radius 3 is 2.43 bits per heavy atom. The van der Waals surface area contributed by atoms with Crippen LogP contribution in [-0.2, 0) is 9.84 Å². The number of rotatable bonds is 3. The zero-order valence-corrected chi connectivity index (χ0v) is 15.2. The van der Waals surface area contributed by atoms with E-state index in [1.165, 1.54) is 38.5 Å². The number of likely N-dealkylation sites (tertiary alicyclic amines) is 1. The van der Waals surface area contributed by atoms with Crippen LogP contribution in [0.5, 0.6) is 0 Å². The van der Waals surface area contributed by atoms with Crippen LogP contribution in [0, 0.1) is 11.8 Å². The summed E-state index contributed by atoms with van der Waals surface area (Å²) in [5, 5.41) is 3.67. The smallest absolute Gasteiger partial charge is 0.194 e. The van der Waals surface area contributed by atoms with Crippen LogP contribution < -0.4 is 5.32 Å². The first-order chi connectivity index (χ1) is 11.0. The maximum atomic E-state index is 11.6. The van der Waals surface area contributed by atoms with Crippen molar-refractivity contribution in [3.05, 3.63) is 0 Å². The van der Waals surface area contributed by atoms with Gasteiger partial charge in [-0.25, -0.2) is 8.42 Å². The minimum absolute atomic E-state index is 0.212. The van der Waals surface area contributed by atoms with Crippen molar-refractivity contribution in [3.63, 3.8) is 0 Å². The Balaban J connectivity index is 1.62. The van der Waals surface area contributed by atoms with Gasteiger partial charge in [0.25, 0.3) is 0 Å². The molecule has 1 atom stereocenters. The van der Waals surface area contributed by atoms with Crippen LogP contribution in [-0.4, -0.2) is 56.5 Å². The first-order valence-corrected chi connectivity index (χ1v) is 11.1. The topological polar surface area (TPSA) is 61.8 Å². The molecule has 2 saturated heterocycles. The van der Waals surface area contributed by atoms with Crippen LogP contribution in [0.4, 0.5) is 0 Å². The van der Waals surface area contributed by atoms with E-state index < -0.39 is 9.84 Å². The molecule has 3 aliphatic rings. The Hall–Kier alpha value is -0.780. The third kappa shape index (κ3) is 4.85. The highest BCUT2D eigenvalue weighted by Crippen LogP contribution is 2.22. The van der Waals surface area contributed by atoms with Crippen molar-refractivity contribution in [1.82, 2.24) is 10.2 Å². The summed E-state index contributed by atoms with van der Waals surface area (Å²) < 4.78 is 23.3. The quantitative estimate of drug-likeness (QED) is 0.630. The lowest BCUT2D eigenvalue weighted by atomic mass is 9.99. The number of guanidine groups is 1. The molecule has 23 heavy (non-hydrogen) atoms. The van der Waals surface area contributed by atoms with E-state index in [0.717, 1.165) is 31.4 Å². The first-order valence-electron chi connectivity index (χ1n) is 9.28. The van der Waals surface area contributed by atoms with Crippen molar-refractivity contribution in [1.29, 1.82) is 0 Å². The summed E-state index contributed by atoms with van der Waals surface area (Å²) in [6.07, 6.45) is 8.32. The second-order valence-electron chi connectivity index (χ2n) is 7.73. The standard InChI is InChI=1S/C17H31N3O2S/c1-14-6-9-20(10-7-14)17(19-16-4-2-3-5-16)18-12-15-8-11-23(21,22)13-15/h14-16H,2-13H2,1H3,(H,18,19). The van der Waals surface area contributed by atoms with Crippen molar-refractivity contribution >= 4 is 15.8 Å². The first kappa shape index (κ1) is 17.1. The van der Waals surface area contributed by atoms with E-state index >= 15 is 0 Å². The Morgan fingerprint density at radius 1 is 1.13 bits per heavy atom. The molecule has 2 aliphatic heterocycles. The lowest BCUT2D eigenvalue weighted by molar-refractivity contribution is 0.270. The molecular weight excluding hydrogens is 310 g/mol. The molecule has 0 amide bonds. The van der Waals surface area contributed by atoms with E-state index in [1.54, 1.807) is 0 Å². The molecule has 1 unspecified atom stereocenters. The zero-order valence-electron chi connectivity index (χ0n) is 14.3. The number of hydrogen-bond acceptors (Lipinski definition) is 3. The molecule has 5 nitrogen and oxygen atoms in total. The van der Waals surface area contributed by atoms with Crippen molar-refractivity contribution < 1.29 is 8.42 Å². The maximum absolute atomic E-state index is 11.6. The highest BCUT2D eigenvalue weighted by Gasteiger charge is 2.28. The van der Waals surface area contributed by atoms with Crippen molar-refractivity contribution in [2.45, 2.75) is 57.9 Å². The van der Waals surface area contributed by atoms with E-state index in [4.69, 9.17) is 4.99 Å². The maximum Gasteiger partial charge on any atom is 0.194 e. The summed E-state index contributed by atoms with van der Waals surface area (Å²) >= 11 is 0. The fraction of sp³-hybridized carbons (Fsp3) is 0.941. The van der Waals surface area contributed by atoms with Gasteiger partial charge in [0.2, 0.25) is 0 Å². The Morgan fingerprint density at radius 2 is 1.83 bits per heavy atom. The SMILES string of the molecule is CC1CCN(C(=NCC2CCS(=O)(=O)C2)NC2CCCC2)CC1. The molecule has 0 aromatic heterocycles. The normalized spacial score (nSPS) is 30.0. The average molecular weight is 342 g/mol. The van der Waals surface area contributed by atoms with Gasteiger partial charge >= 0.3 is 0 Å². The fourth-order valence-corrected chi connectivity index (χ4v) is 5.79. The van der Waals surface area contributed by atoms with Gasteiger partial charge < -0.3 is 10.2 Å². The lowest BCUT2D eigenvalue weighted by Crippen LogP contribution is -2.48. The van der Waals surface area contributed by atoms with Crippen LogP contribution >= 0.6 is 0 Å². The van der Waals surface area contributed by atoms with E-state index in [0.29, 0.717) is 24.1 Å². The van der Waals surface area contributed by atoms with Crippen molar-refractivity contribution in [2.75, 3.05) is 31.1 Å². The van der Waals surface area contributed by atoms with Gasteiger partial charge in [-0.1, -0.05) is 19.8 Å². The van der Waals surface area contributed by atoms with Gasteiger partial charge in [-0.15, -0.1) is 0 Å². The van der Waals surface area contributed by atoms with Gasteiger partial charge in [-0.2, -0.15) is 0 Å². The number of hydrogen-bond donors (Lipinski definition) is 1. The van der Waals surface area contributed by atoms with Gasteiger partial charge in [0.05, 0.1) is 11.5 Å². The van der Waals surface area contributed by atoms with Gasteiger partial charge in [-0.05, 0) is 43.9 Å². The fourth-order valence-electron chi connectivity index (χ4n) is 3.94. The van der Waals surface area contributed by atoms with Crippen LogP contribution in [0.3, 0.4) is 0 Å². The van der Waals surface area contributed by atoms with Gasteiger partial charge in [0.15, 0.2) is 15.8 Å². The Labute approximate surface area is 140 Å². The monoisotopic (exact) mass is 341 g/mol. The van der Waals surface area contributed by atoms with Crippen molar-refractivity contribution in [3.8, 4) is 0 Å². The van der Waals surface area contributed by atoms with Crippen molar-refractivity contribution in [2.24, 2.45) is 16.8 Å². The van der Waals surface area contributed by atoms with Crippen LogP contribution in [0.1, 0.15) is 51.9 Å². The van der Waals surface area contributed by atoms with E-state index in [2.05, 4.69) is 17.1 Å². The molecule has 6 heteroatoms. The van der Waals surface area contributed by atoms with Gasteiger partial charge in [-0.3, -0.25) is 4.99 Å². The average Bonchev–Trinajstić information content (AvgIpc) is 3.14. The highest BCUT2D eigenvalue weighted by molar-refractivity contribution is 7.91. The molecular formula is C17H31N3O2S. The van der Waals surface area contributed by atoms with Gasteiger partial charge in [0.1, 0.15) is 0 Å². The van der Waals surface area contributed by atoms with E-state index in [1.807, 2.05) is 0 Å². The predicted octanol–water partition coefficient (Wildman–Crippen LogP) is 2.04. The molecule has 3 rings (SSSR count). The summed E-state index contributed by atoms with van der Waals surface area (Å²) in [6.45, 7) is 5.12. The summed E-state index contributed by atoms with van der Waals surface area (Å²) in [5.41, 5.74) is 0. The summed E-state index contributed by atoms with van der Waals surface area (Å²) in [4.78, 5) is 7.24. The molecule has 132 valence electrons. The third-order valence-electron chi connectivity index (χ3n) is 5.60. The number of piperidine rings is 1. The predicted molar refractivity (Wildman–Crippen MR) is 94.4 cm³/mol. The van der Waals surface area contributed by atoms with E-state index in [9.17, 15) is 8.42 Å². The molecule has 0 aromatic rings. The van der Waals surface area contributed by atoms with Gasteiger partial charge in [0, 0.05) is 25.7 Å². The Kier molecular flexibility index (Phi) is 5.49. The van der Waals surface area contributed by atoms with Crippen LogP contribution in [0.15, 0.2) is 4.99 Å². The van der Waals surface area contributed by atoms with Crippen LogP contribution in [0.25, 0.3) is 0 Å². The number of nitrogens with one attached hydrogen (secondary N) is 1. The van der Waals surface area contributed by atoms with Crippen LogP contribution in [0.2, 0.25) is 0 Å². The molecule has 0 aromatic carbocycles. The number of aliphatic imine (C=N–C) groups is 1. The molecule has 2 heterocycles.